The Balaban J connectivity index is 2.03. The molecular weight excluding hydrogens is 244 g/mol. The molecule has 0 aromatic heterocycles. The minimum absolute atomic E-state index is 0.475. The number of piperidine rings is 1. The summed E-state index contributed by atoms with van der Waals surface area (Å²) in [5, 5.41) is 3.74. The van der Waals surface area contributed by atoms with Gasteiger partial charge in [-0.25, -0.2) is 0 Å². The van der Waals surface area contributed by atoms with Gasteiger partial charge < -0.3 is 5.32 Å². The summed E-state index contributed by atoms with van der Waals surface area (Å²) in [6.07, 6.45) is 6.64. The first kappa shape index (κ1) is 15.5. The van der Waals surface area contributed by atoms with Gasteiger partial charge in [-0.05, 0) is 44.3 Å². The van der Waals surface area contributed by atoms with Crippen LogP contribution in [-0.4, -0.2) is 30.6 Å². The summed E-state index contributed by atoms with van der Waals surface area (Å²) in [6, 6.07) is 12.2. The van der Waals surface area contributed by atoms with Crippen molar-refractivity contribution in [2.75, 3.05) is 19.6 Å². The van der Waals surface area contributed by atoms with E-state index < -0.39 is 0 Å². The monoisotopic (exact) mass is 274 g/mol. The minimum atomic E-state index is 0.475. The Bertz CT molecular complexity index is 363. The van der Waals surface area contributed by atoms with Crippen molar-refractivity contribution in [2.45, 2.75) is 58.0 Å². The molecule has 2 heteroatoms. The highest BCUT2D eigenvalue weighted by molar-refractivity contribution is 5.19. The van der Waals surface area contributed by atoms with Gasteiger partial charge in [-0.15, -0.1) is 0 Å². The summed E-state index contributed by atoms with van der Waals surface area (Å²) in [6.45, 7) is 8.10. The number of hydrogen-bond donors (Lipinski definition) is 1. The average Bonchev–Trinajstić information content (AvgIpc) is 2.52. The molecule has 1 aliphatic rings. The zero-order valence-corrected chi connectivity index (χ0v) is 13.1. The van der Waals surface area contributed by atoms with Crippen LogP contribution in [0.1, 0.15) is 57.6 Å². The smallest absolute Gasteiger partial charge is 0.0449 e. The SMILES string of the molecule is CCCNC(CN1CCCCC1CC)c1ccccc1. The van der Waals surface area contributed by atoms with E-state index in [1.807, 2.05) is 0 Å². The first-order valence-corrected chi connectivity index (χ1v) is 8.37. The molecule has 1 saturated heterocycles. The Labute approximate surface area is 124 Å². The summed E-state index contributed by atoms with van der Waals surface area (Å²) in [7, 11) is 0. The molecule has 20 heavy (non-hydrogen) atoms. The van der Waals surface area contributed by atoms with Gasteiger partial charge in [0.1, 0.15) is 0 Å². The number of nitrogens with one attached hydrogen (secondary N) is 1. The fraction of sp³-hybridized carbons (Fsp3) is 0.667. The van der Waals surface area contributed by atoms with E-state index >= 15 is 0 Å². The highest BCUT2D eigenvalue weighted by Gasteiger charge is 2.23. The topological polar surface area (TPSA) is 15.3 Å². The maximum absolute atomic E-state index is 3.74. The second kappa shape index (κ2) is 8.43. The molecule has 0 amide bonds. The van der Waals surface area contributed by atoms with Crippen molar-refractivity contribution < 1.29 is 0 Å². The van der Waals surface area contributed by atoms with E-state index in [2.05, 4.69) is 54.4 Å². The highest BCUT2D eigenvalue weighted by Crippen LogP contribution is 2.23. The lowest BCUT2D eigenvalue weighted by atomic mass is 9.97. The molecule has 2 nitrogen and oxygen atoms in total. The van der Waals surface area contributed by atoms with E-state index in [-0.39, 0.29) is 0 Å². The van der Waals surface area contributed by atoms with Gasteiger partial charge in [0.05, 0.1) is 0 Å². The number of likely N-dealkylation sites (tertiary alicyclic amines) is 1. The van der Waals surface area contributed by atoms with E-state index in [0.29, 0.717) is 6.04 Å². The molecule has 2 rings (SSSR count). The van der Waals surface area contributed by atoms with E-state index in [0.717, 1.165) is 19.1 Å². The van der Waals surface area contributed by atoms with E-state index in [9.17, 15) is 0 Å². The van der Waals surface area contributed by atoms with Crippen LogP contribution in [0.25, 0.3) is 0 Å². The van der Waals surface area contributed by atoms with Crippen LogP contribution in [0.4, 0.5) is 0 Å². The molecule has 112 valence electrons. The standard InChI is InChI=1S/C18H30N2/c1-3-13-19-18(16-10-6-5-7-11-16)15-20-14-9-8-12-17(20)4-2/h5-7,10-11,17-19H,3-4,8-9,12-15H2,1-2H3. The molecule has 0 radical (unpaired) electrons. The molecule has 0 saturated carbocycles. The van der Waals surface area contributed by atoms with Crippen molar-refractivity contribution in [1.29, 1.82) is 0 Å². The lowest BCUT2D eigenvalue weighted by Crippen LogP contribution is -2.44. The second-order valence-corrected chi connectivity index (χ2v) is 5.97. The second-order valence-electron chi connectivity index (χ2n) is 5.97. The van der Waals surface area contributed by atoms with Gasteiger partial charge in [-0.2, -0.15) is 0 Å². The molecule has 1 aromatic carbocycles. The molecule has 1 aromatic rings. The molecule has 2 atom stereocenters. The van der Waals surface area contributed by atoms with Gasteiger partial charge in [-0.3, -0.25) is 4.90 Å². The normalized spacial score (nSPS) is 21.8. The molecule has 2 unspecified atom stereocenters. The minimum Gasteiger partial charge on any atom is -0.309 e. The fourth-order valence-electron chi connectivity index (χ4n) is 3.29. The highest BCUT2D eigenvalue weighted by atomic mass is 15.2. The van der Waals surface area contributed by atoms with E-state index in [4.69, 9.17) is 0 Å². The molecule has 0 aliphatic carbocycles. The van der Waals surface area contributed by atoms with Gasteiger partial charge in [-0.1, -0.05) is 50.6 Å². The number of rotatable bonds is 7. The maximum Gasteiger partial charge on any atom is 0.0449 e. The van der Waals surface area contributed by atoms with Gasteiger partial charge in [0.2, 0.25) is 0 Å². The predicted molar refractivity (Wildman–Crippen MR) is 87.0 cm³/mol. The quantitative estimate of drug-likeness (QED) is 0.808. The summed E-state index contributed by atoms with van der Waals surface area (Å²) in [4.78, 5) is 2.71. The number of hydrogen-bond acceptors (Lipinski definition) is 2. The van der Waals surface area contributed by atoms with Crippen molar-refractivity contribution in [3.63, 3.8) is 0 Å². The third-order valence-electron chi connectivity index (χ3n) is 4.48. The van der Waals surface area contributed by atoms with E-state index in [1.54, 1.807) is 0 Å². The average molecular weight is 274 g/mol. The predicted octanol–water partition coefficient (Wildman–Crippen LogP) is 3.99. The molecule has 0 bridgehead atoms. The van der Waals surface area contributed by atoms with Gasteiger partial charge >= 0.3 is 0 Å². The fourth-order valence-corrected chi connectivity index (χ4v) is 3.29. The Morgan fingerprint density at radius 3 is 2.70 bits per heavy atom. The zero-order chi connectivity index (χ0) is 14.2. The van der Waals surface area contributed by atoms with Crippen LogP contribution >= 0.6 is 0 Å². The molecule has 1 heterocycles. The molecule has 0 spiro atoms. The summed E-state index contributed by atoms with van der Waals surface area (Å²) in [5.74, 6) is 0. The lowest BCUT2D eigenvalue weighted by Gasteiger charge is -2.38. The molecule has 1 N–H and O–H groups in total. The molecule has 1 fully saturated rings. The Kier molecular flexibility index (Phi) is 6.55. The first-order valence-electron chi connectivity index (χ1n) is 8.37. The van der Waals surface area contributed by atoms with Crippen LogP contribution in [0.2, 0.25) is 0 Å². The number of nitrogens with zero attached hydrogens (tertiary/aromatic N) is 1. The van der Waals surface area contributed by atoms with Crippen molar-refractivity contribution in [3.8, 4) is 0 Å². The summed E-state index contributed by atoms with van der Waals surface area (Å²) in [5.41, 5.74) is 1.43. The van der Waals surface area contributed by atoms with Crippen LogP contribution in [0.15, 0.2) is 30.3 Å². The van der Waals surface area contributed by atoms with Crippen LogP contribution < -0.4 is 5.32 Å². The Morgan fingerprint density at radius 1 is 1.20 bits per heavy atom. The van der Waals surface area contributed by atoms with Gasteiger partial charge in [0.15, 0.2) is 0 Å². The van der Waals surface area contributed by atoms with Crippen molar-refractivity contribution in [1.82, 2.24) is 10.2 Å². The first-order chi connectivity index (χ1) is 9.85. The van der Waals surface area contributed by atoms with Crippen molar-refractivity contribution in [2.24, 2.45) is 0 Å². The van der Waals surface area contributed by atoms with Crippen LogP contribution in [-0.2, 0) is 0 Å². The zero-order valence-electron chi connectivity index (χ0n) is 13.1. The van der Waals surface area contributed by atoms with Crippen molar-refractivity contribution in [3.05, 3.63) is 35.9 Å². The number of benzene rings is 1. The Hall–Kier alpha value is -0.860. The molecule has 1 aliphatic heterocycles. The lowest BCUT2D eigenvalue weighted by molar-refractivity contribution is 0.129. The van der Waals surface area contributed by atoms with Crippen LogP contribution in [0.3, 0.4) is 0 Å². The summed E-state index contributed by atoms with van der Waals surface area (Å²) >= 11 is 0. The largest absolute Gasteiger partial charge is 0.309 e. The maximum atomic E-state index is 3.74. The molecular formula is C18H30N2. The summed E-state index contributed by atoms with van der Waals surface area (Å²) < 4.78 is 0. The van der Waals surface area contributed by atoms with Gasteiger partial charge in [0.25, 0.3) is 0 Å². The van der Waals surface area contributed by atoms with Crippen molar-refractivity contribution >= 4 is 0 Å². The van der Waals surface area contributed by atoms with Crippen LogP contribution in [0.5, 0.6) is 0 Å². The van der Waals surface area contributed by atoms with Crippen LogP contribution in [0, 0.1) is 0 Å². The van der Waals surface area contributed by atoms with Gasteiger partial charge in [0, 0.05) is 18.6 Å². The van der Waals surface area contributed by atoms with E-state index in [1.165, 1.54) is 44.2 Å². The third kappa shape index (κ3) is 4.32. The third-order valence-corrected chi connectivity index (χ3v) is 4.48. The Morgan fingerprint density at radius 2 is 2.00 bits per heavy atom.